The maximum Gasteiger partial charge on any atom is 0.419 e. The smallest absolute Gasteiger partial charge is 0.419 e. The number of hydrogen-bond donors (Lipinski definition) is 2. The van der Waals surface area contributed by atoms with Gasteiger partial charge in [0.15, 0.2) is 0 Å². The van der Waals surface area contributed by atoms with Crippen molar-refractivity contribution in [3.63, 3.8) is 0 Å². The molecule has 0 atom stereocenters. The molecule has 0 saturated carbocycles. The average Bonchev–Trinajstić information content (AvgIpc) is 2.20. The Morgan fingerprint density at radius 3 is 2.58 bits per heavy atom. The van der Waals surface area contributed by atoms with E-state index in [-0.39, 0.29) is 6.04 Å². The Kier molecular flexibility index (Phi) is 3.44. The van der Waals surface area contributed by atoms with Crippen molar-refractivity contribution in [2.45, 2.75) is 12.2 Å². The molecule has 2 rings (SSSR count). The molecule has 1 amide bonds. The minimum Gasteiger partial charge on any atom is -0.465 e. The topological polar surface area (TPSA) is 65.5 Å². The maximum atomic E-state index is 12.5. The van der Waals surface area contributed by atoms with E-state index >= 15 is 0 Å². The molecule has 1 aliphatic rings. The number of halogens is 4. The maximum absolute atomic E-state index is 12.5. The molecule has 104 valence electrons. The van der Waals surface area contributed by atoms with E-state index in [0.717, 1.165) is 6.07 Å². The molecule has 1 saturated heterocycles. The molecule has 5 nitrogen and oxygen atoms in total. The lowest BCUT2D eigenvalue weighted by Crippen LogP contribution is -2.59. The van der Waals surface area contributed by atoms with Gasteiger partial charge < -0.3 is 15.3 Å². The third-order valence-corrected chi connectivity index (χ3v) is 2.96. The van der Waals surface area contributed by atoms with Crippen molar-refractivity contribution in [3.8, 4) is 0 Å². The molecule has 0 radical (unpaired) electrons. The fraction of sp³-hybridized carbons (Fsp3) is 0.400. The summed E-state index contributed by atoms with van der Waals surface area (Å²) in [7, 11) is 0. The summed E-state index contributed by atoms with van der Waals surface area (Å²) >= 11 is 5.49. The fourth-order valence-electron chi connectivity index (χ4n) is 1.74. The van der Waals surface area contributed by atoms with Gasteiger partial charge in [-0.05, 0) is 12.1 Å². The zero-order chi connectivity index (χ0) is 14.2. The Balaban J connectivity index is 2.05. The standard InChI is InChI=1S/C10H9ClF3N3O2/c11-8-6(10(12,13)14)1-2-7(16-8)17-3-5(4-17)15-9(18)19/h1-2,5,15H,3-4H2,(H,18,19). The van der Waals surface area contributed by atoms with Gasteiger partial charge in [-0.1, -0.05) is 11.6 Å². The molecule has 9 heteroatoms. The number of rotatable bonds is 2. The van der Waals surface area contributed by atoms with Gasteiger partial charge in [0.05, 0.1) is 11.6 Å². The van der Waals surface area contributed by atoms with Crippen LogP contribution in [-0.2, 0) is 6.18 Å². The van der Waals surface area contributed by atoms with Gasteiger partial charge in [0.2, 0.25) is 0 Å². The molecule has 1 aromatic heterocycles. The number of carbonyl (C=O) groups is 1. The highest BCUT2D eigenvalue weighted by atomic mass is 35.5. The van der Waals surface area contributed by atoms with Gasteiger partial charge in [-0.15, -0.1) is 0 Å². The first kappa shape index (κ1) is 13.7. The average molecular weight is 296 g/mol. The van der Waals surface area contributed by atoms with Crippen LogP contribution >= 0.6 is 11.6 Å². The molecule has 0 unspecified atom stereocenters. The first-order valence-electron chi connectivity index (χ1n) is 5.25. The minimum atomic E-state index is -4.54. The van der Waals surface area contributed by atoms with Gasteiger partial charge in [-0.2, -0.15) is 13.2 Å². The number of carboxylic acid groups (broad SMARTS) is 1. The molecule has 0 bridgehead atoms. The molecular weight excluding hydrogens is 287 g/mol. The summed E-state index contributed by atoms with van der Waals surface area (Å²) in [4.78, 5) is 15.7. The van der Waals surface area contributed by atoms with Crippen LogP contribution in [-0.4, -0.2) is 35.3 Å². The number of alkyl halides is 3. The molecule has 0 aliphatic carbocycles. The van der Waals surface area contributed by atoms with Crippen molar-refractivity contribution in [1.82, 2.24) is 10.3 Å². The van der Waals surface area contributed by atoms with Gasteiger partial charge in [0, 0.05) is 13.1 Å². The van der Waals surface area contributed by atoms with Gasteiger partial charge in [-0.3, -0.25) is 0 Å². The van der Waals surface area contributed by atoms with Crippen LogP contribution in [0.15, 0.2) is 12.1 Å². The van der Waals surface area contributed by atoms with Gasteiger partial charge >= 0.3 is 12.3 Å². The summed E-state index contributed by atoms with van der Waals surface area (Å²) in [5, 5.41) is 10.1. The van der Waals surface area contributed by atoms with Gasteiger partial charge in [-0.25, -0.2) is 9.78 Å². The quantitative estimate of drug-likeness (QED) is 0.821. The third-order valence-electron chi connectivity index (χ3n) is 2.67. The highest BCUT2D eigenvalue weighted by molar-refractivity contribution is 6.30. The van der Waals surface area contributed by atoms with Crippen molar-refractivity contribution in [3.05, 3.63) is 22.8 Å². The Morgan fingerprint density at radius 1 is 1.47 bits per heavy atom. The summed E-state index contributed by atoms with van der Waals surface area (Å²) in [5.41, 5.74) is -0.987. The molecular formula is C10H9ClF3N3O2. The summed E-state index contributed by atoms with van der Waals surface area (Å²) < 4.78 is 37.4. The van der Waals surface area contributed by atoms with Crippen LogP contribution in [0.5, 0.6) is 0 Å². The SMILES string of the molecule is O=C(O)NC1CN(c2ccc(C(F)(F)F)c(Cl)n2)C1. The predicted molar refractivity (Wildman–Crippen MR) is 61.4 cm³/mol. The van der Waals surface area contributed by atoms with Crippen LogP contribution in [0.25, 0.3) is 0 Å². The molecule has 19 heavy (non-hydrogen) atoms. The second kappa shape index (κ2) is 4.76. The molecule has 2 N–H and O–H groups in total. The van der Waals surface area contributed by atoms with Crippen LogP contribution in [0.1, 0.15) is 5.56 Å². The Hall–Kier alpha value is -1.70. The monoisotopic (exact) mass is 295 g/mol. The molecule has 1 fully saturated rings. The van der Waals surface area contributed by atoms with Crippen LogP contribution in [0.3, 0.4) is 0 Å². The second-order valence-electron chi connectivity index (χ2n) is 4.06. The Labute approximate surface area is 111 Å². The molecule has 0 spiro atoms. The lowest BCUT2D eigenvalue weighted by Gasteiger charge is -2.39. The normalized spacial score (nSPS) is 16.1. The summed E-state index contributed by atoms with van der Waals surface area (Å²) in [6.07, 6.45) is -5.67. The highest BCUT2D eigenvalue weighted by Gasteiger charge is 2.35. The van der Waals surface area contributed by atoms with E-state index < -0.39 is 23.0 Å². The third kappa shape index (κ3) is 3.01. The lowest BCUT2D eigenvalue weighted by molar-refractivity contribution is -0.137. The van der Waals surface area contributed by atoms with E-state index in [1.54, 1.807) is 4.90 Å². The molecule has 0 aromatic carbocycles. The summed E-state index contributed by atoms with van der Waals surface area (Å²) in [5.74, 6) is 0.293. The predicted octanol–water partition coefficient (Wildman–Crippen LogP) is 2.21. The van der Waals surface area contributed by atoms with Crippen LogP contribution in [0, 0.1) is 0 Å². The Morgan fingerprint density at radius 2 is 2.11 bits per heavy atom. The molecule has 2 heterocycles. The van der Waals surface area contributed by atoms with Crippen molar-refractivity contribution in [2.24, 2.45) is 0 Å². The van der Waals surface area contributed by atoms with Gasteiger partial charge in [0.1, 0.15) is 11.0 Å². The zero-order valence-corrected chi connectivity index (χ0v) is 10.2. The second-order valence-corrected chi connectivity index (χ2v) is 4.41. The van der Waals surface area contributed by atoms with E-state index in [0.29, 0.717) is 18.9 Å². The van der Waals surface area contributed by atoms with Crippen molar-refractivity contribution in [1.29, 1.82) is 0 Å². The van der Waals surface area contributed by atoms with Crippen molar-refractivity contribution < 1.29 is 23.1 Å². The highest BCUT2D eigenvalue weighted by Crippen LogP contribution is 2.35. The summed E-state index contributed by atoms with van der Waals surface area (Å²) in [6.45, 7) is 0.696. The number of amides is 1. The number of nitrogens with zero attached hydrogens (tertiary/aromatic N) is 2. The largest absolute Gasteiger partial charge is 0.465 e. The molecule has 1 aliphatic heterocycles. The van der Waals surface area contributed by atoms with E-state index in [9.17, 15) is 18.0 Å². The van der Waals surface area contributed by atoms with E-state index in [2.05, 4.69) is 10.3 Å². The van der Waals surface area contributed by atoms with Crippen molar-refractivity contribution >= 4 is 23.5 Å². The number of nitrogens with one attached hydrogen (secondary N) is 1. The number of anilines is 1. The van der Waals surface area contributed by atoms with Crippen LogP contribution < -0.4 is 10.2 Å². The van der Waals surface area contributed by atoms with E-state index in [1.807, 2.05) is 0 Å². The number of aromatic nitrogens is 1. The van der Waals surface area contributed by atoms with Gasteiger partial charge in [0.25, 0.3) is 0 Å². The molecule has 1 aromatic rings. The first-order chi connectivity index (χ1) is 8.77. The Bertz CT molecular complexity index is 503. The van der Waals surface area contributed by atoms with Crippen LogP contribution in [0.2, 0.25) is 5.15 Å². The summed E-state index contributed by atoms with van der Waals surface area (Å²) in [6, 6.07) is 1.83. The first-order valence-corrected chi connectivity index (χ1v) is 5.63. The fourth-order valence-corrected chi connectivity index (χ4v) is 2.00. The van der Waals surface area contributed by atoms with E-state index in [4.69, 9.17) is 16.7 Å². The van der Waals surface area contributed by atoms with E-state index in [1.165, 1.54) is 6.07 Å². The van der Waals surface area contributed by atoms with Crippen LogP contribution in [0.4, 0.5) is 23.8 Å². The lowest BCUT2D eigenvalue weighted by atomic mass is 10.1. The number of pyridine rings is 1. The number of hydrogen-bond acceptors (Lipinski definition) is 3. The minimum absolute atomic E-state index is 0.250. The van der Waals surface area contributed by atoms with Crippen molar-refractivity contribution in [2.75, 3.05) is 18.0 Å². The zero-order valence-electron chi connectivity index (χ0n) is 9.41.